The van der Waals surface area contributed by atoms with Crippen LogP contribution in [0, 0.1) is 0 Å². The average Bonchev–Trinajstić information content (AvgIpc) is 3.45. The maximum absolute atomic E-state index is 13.4. The van der Waals surface area contributed by atoms with Gasteiger partial charge in [0.25, 0.3) is 5.91 Å². The van der Waals surface area contributed by atoms with Crippen LogP contribution in [0.5, 0.6) is 0 Å². The number of anilines is 1. The number of carbonyl (C=O) groups is 1. The van der Waals surface area contributed by atoms with Gasteiger partial charge in [-0.2, -0.15) is 13.2 Å². The van der Waals surface area contributed by atoms with Gasteiger partial charge in [-0.05, 0) is 40.3 Å². The molecule has 1 fully saturated rings. The van der Waals surface area contributed by atoms with Gasteiger partial charge in [-0.3, -0.25) is 9.69 Å². The minimum atomic E-state index is -4.41. The summed E-state index contributed by atoms with van der Waals surface area (Å²) in [6.45, 7) is 10.1. The number of amides is 1. The monoisotopic (exact) mass is 640 g/mol. The predicted molar refractivity (Wildman–Crippen MR) is 171 cm³/mol. The lowest BCUT2D eigenvalue weighted by Gasteiger charge is -2.36. The molecule has 1 saturated heterocycles. The summed E-state index contributed by atoms with van der Waals surface area (Å²) in [5.74, 6) is -0.117. The number of carbonyl (C=O) groups excluding carboxylic acids is 1. The molecule has 0 saturated carbocycles. The van der Waals surface area contributed by atoms with Crippen molar-refractivity contribution in [3.63, 3.8) is 0 Å². The molecule has 1 aliphatic rings. The second-order valence-corrected chi connectivity index (χ2v) is 13.5. The molecule has 0 radical (unpaired) electrons. The van der Waals surface area contributed by atoms with Gasteiger partial charge >= 0.3 is 6.18 Å². The van der Waals surface area contributed by atoms with Gasteiger partial charge in [0.1, 0.15) is 10.7 Å². The van der Waals surface area contributed by atoms with E-state index in [4.69, 9.17) is 11.6 Å². The molecule has 0 bridgehead atoms. The van der Waals surface area contributed by atoms with E-state index >= 15 is 0 Å². The lowest BCUT2D eigenvalue weighted by atomic mass is 9.87. The van der Waals surface area contributed by atoms with Gasteiger partial charge in [0.05, 0.1) is 22.8 Å². The van der Waals surface area contributed by atoms with Crippen LogP contribution in [-0.2, 0) is 31.2 Å². The molecule has 0 aliphatic carbocycles. The Morgan fingerprint density at radius 1 is 0.864 bits per heavy atom. The Morgan fingerprint density at radius 2 is 1.55 bits per heavy atom. The summed E-state index contributed by atoms with van der Waals surface area (Å²) in [7, 11) is 0. The van der Waals surface area contributed by atoms with Gasteiger partial charge in [0, 0.05) is 44.6 Å². The maximum Gasteiger partial charge on any atom is 0.416 e. The number of rotatable bonds is 8. The number of benzene rings is 3. The summed E-state index contributed by atoms with van der Waals surface area (Å²) >= 11 is 7.76. The first-order valence-electron chi connectivity index (χ1n) is 14.6. The van der Waals surface area contributed by atoms with Crippen LogP contribution in [0.25, 0.3) is 0 Å². The minimum Gasteiger partial charge on any atom is -0.367 e. The molecule has 44 heavy (non-hydrogen) atoms. The first-order valence-corrected chi connectivity index (χ1v) is 15.8. The first-order chi connectivity index (χ1) is 20.9. The highest BCUT2D eigenvalue weighted by molar-refractivity contribution is 7.09. The predicted octanol–water partition coefficient (Wildman–Crippen LogP) is 8.28. The molecule has 0 unspecified atom stereocenters. The highest BCUT2D eigenvalue weighted by Gasteiger charge is 2.30. The second-order valence-electron chi connectivity index (χ2n) is 12.1. The number of hydrogen-bond donors (Lipinski definition) is 0. The van der Waals surface area contributed by atoms with Crippen molar-refractivity contribution in [3.05, 3.63) is 116 Å². The number of nitrogens with zero attached hydrogens (tertiary/aromatic N) is 4. The Labute approximate surface area is 265 Å². The van der Waals surface area contributed by atoms with E-state index in [1.54, 1.807) is 11.4 Å². The quantitative estimate of drug-likeness (QED) is 0.194. The largest absolute Gasteiger partial charge is 0.416 e. The van der Waals surface area contributed by atoms with E-state index in [9.17, 15) is 18.0 Å². The molecule has 0 N–H and O–H groups in total. The van der Waals surface area contributed by atoms with Crippen molar-refractivity contribution in [3.8, 4) is 0 Å². The van der Waals surface area contributed by atoms with Crippen LogP contribution in [0.4, 0.5) is 18.9 Å². The lowest BCUT2D eigenvalue weighted by molar-refractivity contribution is -0.137. The molecule has 1 amide bonds. The number of para-hydroxylation sites is 1. The van der Waals surface area contributed by atoms with E-state index in [1.165, 1.54) is 29.0 Å². The zero-order chi connectivity index (χ0) is 31.5. The number of aromatic nitrogens is 1. The van der Waals surface area contributed by atoms with E-state index in [0.717, 1.165) is 22.3 Å². The van der Waals surface area contributed by atoms with E-state index in [-0.39, 0.29) is 11.3 Å². The third-order valence-corrected chi connectivity index (χ3v) is 8.93. The van der Waals surface area contributed by atoms with Gasteiger partial charge in [0.2, 0.25) is 0 Å². The standard InChI is InChI=1S/C34H36ClF3N4OS/c1-33(2,3)26-13-11-24(12-14-26)20-40(21-25-7-6-8-27(19-25)34(36,37)38)22-31-39-29(23-44-31)32(43)42-17-15-41(16-18-42)30-10-5-4-9-28(30)35/h4-14,19,23H,15-18,20-22H2,1-3H3. The first kappa shape index (κ1) is 32.0. The third kappa shape index (κ3) is 8.00. The van der Waals surface area contributed by atoms with E-state index in [1.807, 2.05) is 29.2 Å². The third-order valence-electron chi connectivity index (χ3n) is 7.78. The molecule has 5 rings (SSSR count). The molecule has 0 atom stereocenters. The molecule has 2 heterocycles. The summed E-state index contributed by atoms with van der Waals surface area (Å²) in [4.78, 5) is 24.1. The van der Waals surface area contributed by atoms with Crippen molar-refractivity contribution >= 4 is 34.5 Å². The summed E-state index contributed by atoms with van der Waals surface area (Å²) < 4.78 is 40.3. The Balaban J connectivity index is 1.29. The Kier molecular flexibility index (Phi) is 9.68. The lowest BCUT2D eigenvalue weighted by Crippen LogP contribution is -2.49. The Bertz CT molecular complexity index is 1570. The number of alkyl halides is 3. The maximum atomic E-state index is 13.4. The second kappa shape index (κ2) is 13.3. The van der Waals surface area contributed by atoms with Crippen LogP contribution < -0.4 is 4.90 Å². The van der Waals surface area contributed by atoms with Gasteiger partial charge in [-0.1, -0.05) is 87.0 Å². The van der Waals surface area contributed by atoms with Crippen LogP contribution in [0.1, 0.15) is 58.5 Å². The number of piperazine rings is 1. The summed E-state index contributed by atoms with van der Waals surface area (Å²) in [5, 5.41) is 3.20. The fourth-order valence-electron chi connectivity index (χ4n) is 5.33. The fourth-order valence-corrected chi connectivity index (χ4v) is 6.40. The number of hydrogen-bond acceptors (Lipinski definition) is 5. The molecule has 1 aliphatic heterocycles. The molecular formula is C34H36ClF3N4OS. The van der Waals surface area contributed by atoms with Crippen molar-refractivity contribution in [1.29, 1.82) is 0 Å². The van der Waals surface area contributed by atoms with Crippen LogP contribution in [0.2, 0.25) is 5.02 Å². The van der Waals surface area contributed by atoms with Gasteiger partial charge in [0.15, 0.2) is 0 Å². The van der Waals surface area contributed by atoms with Crippen LogP contribution in [0.3, 0.4) is 0 Å². The molecule has 5 nitrogen and oxygen atoms in total. The summed E-state index contributed by atoms with van der Waals surface area (Å²) in [6.07, 6.45) is -4.41. The zero-order valence-corrected chi connectivity index (χ0v) is 26.6. The van der Waals surface area contributed by atoms with Gasteiger partial charge < -0.3 is 9.80 Å². The summed E-state index contributed by atoms with van der Waals surface area (Å²) in [5.41, 5.74) is 3.53. The molecule has 10 heteroatoms. The van der Waals surface area contributed by atoms with Crippen LogP contribution in [0.15, 0.2) is 78.2 Å². The molecule has 4 aromatic rings. The Hall–Kier alpha value is -3.40. The van der Waals surface area contributed by atoms with Crippen LogP contribution >= 0.6 is 22.9 Å². The molecule has 1 aromatic heterocycles. The SMILES string of the molecule is CC(C)(C)c1ccc(CN(Cc2cccc(C(F)(F)F)c2)Cc2nc(C(=O)N3CCN(c4ccccc4Cl)CC3)cs2)cc1. The number of thiazole rings is 1. The normalized spacial score (nSPS) is 14.4. The summed E-state index contributed by atoms with van der Waals surface area (Å²) in [6, 6.07) is 21.5. The zero-order valence-electron chi connectivity index (χ0n) is 25.1. The van der Waals surface area contributed by atoms with Gasteiger partial charge in [-0.15, -0.1) is 11.3 Å². The van der Waals surface area contributed by atoms with Crippen molar-refractivity contribution in [2.45, 2.75) is 52.0 Å². The van der Waals surface area contributed by atoms with Crippen molar-refractivity contribution < 1.29 is 18.0 Å². The molecule has 3 aromatic carbocycles. The molecular weight excluding hydrogens is 605 g/mol. The minimum absolute atomic E-state index is 0.0152. The van der Waals surface area contributed by atoms with E-state index in [2.05, 4.69) is 59.8 Å². The molecule has 232 valence electrons. The van der Waals surface area contributed by atoms with Crippen molar-refractivity contribution in [2.24, 2.45) is 0 Å². The highest BCUT2D eigenvalue weighted by atomic mass is 35.5. The molecule has 0 spiro atoms. The highest BCUT2D eigenvalue weighted by Crippen LogP contribution is 2.31. The van der Waals surface area contributed by atoms with E-state index < -0.39 is 11.7 Å². The fraction of sp³-hybridized carbons (Fsp3) is 0.353. The number of halogens is 4. The topological polar surface area (TPSA) is 39.7 Å². The smallest absolute Gasteiger partial charge is 0.367 e. The average molecular weight is 641 g/mol. The van der Waals surface area contributed by atoms with Crippen molar-refractivity contribution in [2.75, 3.05) is 31.1 Å². The van der Waals surface area contributed by atoms with Crippen molar-refractivity contribution in [1.82, 2.24) is 14.8 Å². The van der Waals surface area contributed by atoms with Crippen LogP contribution in [-0.4, -0.2) is 46.9 Å². The van der Waals surface area contributed by atoms with Gasteiger partial charge in [-0.25, -0.2) is 4.98 Å². The Morgan fingerprint density at radius 3 is 2.20 bits per heavy atom. The van der Waals surface area contributed by atoms with E-state index in [0.29, 0.717) is 62.1 Å².